The third-order valence-corrected chi connectivity index (χ3v) is 2.41. The Kier molecular flexibility index (Phi) is 3.52. The van der Waals surface area contributed by atoms with Gasteiger partial charge in [0.05, 0.1) is 7.11 Å². The van der Waals surface area contributed by atoms with Crippen molar-refractivity contribution in [3.63, 3.8) is 0 Å². The fraction of sp³-hybridized carbons (Fsp3) is 0.273. The van der Waals surface area contributed by atoms with Crippen LogP contribution in [-0.2, 0) is 6.54 Å². The molecule has 0 bridgehead atoms. The number of rotatable bonds is 4. The number of anilines is 1. The van der Waals surface area contributed by atoms with Gasteiger partial charge in [0.25, 0.3) is 5.91 Å². The maximum atomic E-state index is 11.9. The van der Waals surface area contributed by atoms with Gasteiger partial charge in [-0.15, -0.1) is 0 Å². The van der Waals surface area contributed by atoms with Gasteiger partial charge in [0.2, 0.25) is 5.95 Å². The summed E-state index contributed by atoms with van der Waals surface area (Å²) >= 11 is 0. The Morgan fingerprint density at radius 3 is 2.72 bits per heavy atom. The first-order valence-electron chi connectivity index (χ1n) is 5.46. The zero-order valence-electron chi connectivity index (χ0n) is 10.1. The zero-order valence-corrected chi connectivity index (χ0v) is 10.1. The van der Waals surface area contributed by atoms with E-state index in [0.29, 0.717) is 23.8 Å². The van der Waals surface area contributed by atoms with Gasteiger partial charge < -0.3 is 4.74 Å². The van der Waals surface area contributed by atoms with Crippen LogP contribution in [0, 0.1) is 0 Å². The van der Waals surface area contributed by atoms with Gasteiger partial charge in [-0.05, 0) is 41.6 Å². The summed E-state index contributed by atoms with van der Waals surface area (Å²) < 4.78 is 6.52. The molecule has 1 amide bonds. The van der Waals surface area contributed by atoms with E-state index in [0.717, 1.165) is 0 Å². The summed E-state index contributed by atoms with van der Waals surface area (Å²) in [6, 6.07) is 6.79. The third kappa shape index (κ3) is 2.45. The fourth-order valence-corrected chi connectivity index (χ4v) is 1.42. The predicted molar refractivity (Wildman–Crippen MR) is 64.4 cm³/mol. The number of nitrogens with one attached hydrogen (secondary N) is 1. The van der Waals surface area contributed by atoms with Gasteiger partial charge in [-0.3, -0.25) is 10.1 Å². The molecule has 0 unspecified atom stereocenters. The highest BCUT2D eigenvalue weighted by Crippen LogP contribution is 2.12. The summed E-state index contributed by atoms with van der Waals surface area (Å²) in [5.74, 6) is 0.769. The van der Waals surface area contributed by atoms with Crippen LogP contribution in [0.1, 0.15) is 17.3 Å². The lowest BCUT2D eigenvalue weighted by Gasteiger charge is -2.05. The lowest BCUT2D eigenvalue weighted by Crippen LogP contribution is -2.16. The summed E-state index contributed by atoms with van der Waals surface area (Å²) in [5, 5.41) is 13.6. The van der Waals surface area contributed by atoms with Gasteiger partial charge in [-0.2, -0.15) is 0 Å². The van der Waals surface area contributed by atoms with E-state index in [4.69, 9.17) is 4.74 Å². The Morgan fingerprint density at radius 2 is 2.11 bits per heavy atom. The summed E-state index contributed by atoms with van der Waals surface area (Å²) in [6.07, 6.45) is 0. The van der Waals surface area contributed by atoms with Crippen LogP contribution in [0.15, 0.2) is 24.3 Å². The van der Waals surface area contributed by atoms with Crippen molar-refractivity contribution in [1.29, 1.82) is 0 Å². The molecule has 0 saturated heterocycles. The average molecular weight is 247 g/mol. The Bertz CT molecular complexity index is 535. The Morgan fingerprint density at radius 1 is 1.39 bits per heavy atom. The second-order valence-electron chi connectivity index (χ2n) is 3.50. The van der Waals surface area contributed by atoms with Crippen LogP contribution in [-0.4, -0.2) is 33.2 Å². The van der Waals surface area contributed by atoms with Crippen LogP contribution in [0.2, 0.25) is 0 Å². The average Bonchev–Trinajstić information content (AvgIpc) is 2.86. The lowest BCUT2D eigenvalue weighted by atomic mass is 10.2. The van der Waals surface area contributed by atoms with Crippen LogP contribution < -0.4 is 10.1 Å². The molecule has 0 saturated carbocycles. The van der Waals surface area contributed by atoms with E-state index in [1.54, 1.807) is 31.4 Å². The van der Waals surface area contributed by atoms with Crippen LogP contribution >= 0.6 is 0 Å². The summed E-state index contributed by atoms with van der Waals surface area (Å²) in [7, 11) is 1.57. The standard InChI is InChI=1S/C11H13N5O2/c1-3-16-11(13-14-15-16)12-10(17)8-4-6-9(18-2)7-5-8/h4-7H,3H2,1-2H3,(H,12,13,15,17). The Balaban J connectivity index is 2.11. The number of nitrogens with zero attached hydrogens (tertiary/aromatic N) is 4. The van der Waals surface area contributed by atoms with Gasteiger partial charge in [-0.25, -0.2) is 4.68 Å². The monoisotopic (exact) mass is 247 g/mol. The number of methoxy groups -OCH3 is 1. The summed E-state index contributed by atoms with van der Waals surface area (Å²) in [4.78, 5) is 11.9. The number of aromatic nitrogens is 4. The van der Waals surface area contributed by atoms with Gasteiger partial charge in [0.1, 0.15) is 5.75 Å². The molecule has 0 aliphatic heterocycles. The zero-order chi connectivity index (χ0) is 13.0. The van der Waals surface area contributed by atoms with Crippen LogP contribution in [0.25, 0.3) is 0 Å². The molecule has 0 atom stereocenters. The Hall–Kier alpha value is -2.44. The molecule has 0 radical (unpaired) electrons. The topological polar surface area (TPSA) is 81.9 Å². The number of carbonyl (C=O) groups excluding carboxylic acids is 1. The molecule has 0 aliphatic rings. The number of hydrogen-bond donors (Lipinski definition) is 1. The van der Waals surface area contributed by atoms with Crippen molar-refractivity contribution in [3.8, 4) is 5.75 Å². The van der Waals surface area contributed by atoms with E-state index in [9.17, 15) is 4.79 Å². The maximum absolute atomic E-state index is 11.9. The van der Waals surface area contributed by atoms with Gasteiger partial charge >= 0.3 is 0 Å². The van der Waals surface area contributed by atoms with E-state index in [1.807, 2.05) is 6.92 Å². The van der Waals surface area contributed by atoms with E-state index in [1.165, 1.54) is 4.68 Å². The van der Waals surface area contributed by atoms with Crippen molar-refractivity contribution in [2.75, 3.05) is 12.4 Å². The largest absolute Gasteiger partial charge is 0.497 e. The minimum Gasteiger partial charge on any atom is -0.497 e. The maximum Gasteiger partial charge on any atom is 0.258 e. The highest BCUT2D eigenvalue weighted by Gasteiger charge is 2.10. The van der Waals surface area contributed by atoms with Crippen molar-refractivity contribution < 1.29 is 9.53 Å². The molecule has 1 aromatic carbocycles. The Labute approximate surface area is 104 Å². The number of ether oxygens (including phenoxy) is 1. The highest BCUT2D eigenvalue weighted by atomic mass is 16.5. The third-order valence-electron chi connectivity index (χ3n) is 2.41. The molecule has 1 N–H and O–H groups in total. The van der Waals surface area contributed by atoms with Crippen LogP contribution in [0.4, 0.5) is 5.95 Å². The molecular formula is C11H13N5O2. The second kappa shape index (κ2) is 5.26. The predicted octanol–water partition coefficient (Wildman–Crippen LogP) is 0.954. The molecule has 7 heteroatoms. The molecule has 0 fully saturated rings. The number of hydrogen-bond acceptors (Lipinski definition) is 5. The van der Waals surface area contributed by atoms with Crippen LogP contribution in [0.5, 0.6) is 5.75 Å². The van der Waals surface area contributed by atoms with Crippen molar-refractivity contribution in [2.24, 2.45) is 0 Å². The molecule has 0 aliphatic carbocycles. The first kappa shape index (κ1) is 12.0. The quantitative estimate of drug-likeness (QED) is 0.870. The normalized spacial score (nSPS) is 10.1. The van der Waals surface area contributed by atoms with Crippen molar-refractivity contribution in [1.82, 2.24) is 20.2 Å². The van der Waals surface area contributed by atoms with Crippen LogP contribution in [0.3, 0.4) is 0 Å². The van der Waals surface area contributed by atoms with E-state index in [2.05, 4.69) is 20.8 Å². The summed E-state index contributed by atoms with van der Waals surface area (Å²) in [5.41, 5.74) is 0.515. The molecule has 2 aromatic rings. The molecule has 1 aromatic heterocycles. The minimum atomic E-state index is -0.262. The molecule has 7 nitrogen and oxygen atoms in total. The molecule has 2 rings (SSSR count). The van der Waals surface area contributed by atoms with Gasteiger partial charge in [-0.1, -0.05) is 5.10 Å². The van der Waals surface area contributed by atoms with Crippen molar-refractivity contribution in [2.45, 2.75) is 13.5 Å². The molecule has 1 heterocycles. The first-order valence-corrected chi connectivity index (χ1v) is 5.46. The van der Waals surface area contributed by atoms with Gasteiger partial charge in [0, 0.05) is 12.1 Å². The fourth-order valence-electron chi connectivity index (χ4n) is 1.42. The van der Waals surface area contributed by atoms with Crippen molar-refractivity contribution in [3.05, 3.63) is 29.8 Å². The second-order valence-corrected chi connectivity index (χ2v) is 3.50. The van der Waals surface area contributed by atoms with Gasteiger partial charge in [0.15, 0.2) is 0 Å². The number of aryl methyl sites for hydroxylation is 1. The highest BCUT2D eigenvalue weighted by molar-refractivity contribution is 6.03. The molecule has 18 heavy (non-hydrogen) atoms. The van der Waals surface area contributed by atoms with E-state index >= 15 is 0 Å². The van der Waals surface area contributed by atoms with Crippen molar-refractivity contribution >= 4 is 11.9 Å². The summed E-state index contributed by atoms with van der Waals surface area (Å²) in [6.45, 7) is 2.48. The number of amides is 1. The molecular weight excluding hydrogens is 234 g/mol. The van der Waals surface area contributed by atoms with E-state index < -0.39 is 0 Å². The lowest BCUT2D eigenvalue weighted by molar-refractivity contribution is 0.102. The SMILES string of the molecule is CCn1nnnc1NC(=O)c1ccc(OC)cc1. The molecule has 94 valence electrons. The minimum absolute atomic E-state index is 0.262. The molecule has 0 spiro atoms. The number of tetrazole rings is 1. The first-order chi connectivity index (χ1) is 8.74. The number of carbonyl (C=O) groups is 1. The smallest absolute Gasteiger partial charge is 0.258 e. The number of benzene rings is 1. The van der Waals surface area contributed by atoms with E-state index in [-0.39, 0.29) is 5.91 Å².